The number of rotatable bonds is 2. The van der Waals surface area contributed by atoms with E-state index in [0.29, 0.717) is 5.82 Å². The minimum atomic E-state index is 0.450. The first-order chi connectivity index (χ1) is 4.83. The zero-order valence-corrected chi connectivity index (χ0v) is 6.50. The summed E-state index contributed by atoms with van der Waals surface area (Å²) in [5.74, 6) is 0.450. The van der Waals surface area contributed by atoms with Gasteiger partial charge in [0, 0.05) is 10.7 Å². The van der Waals surface area contributed by atoms with Crippen molar-refractivity contribution >= 4 is 21.7 Å². The van der Waals surface area contributed by atoms with Gasteiger partial charge in [0.05, 0.1) is 0 Å². The van der Waals surface area contributed by atoms with E-state index in [2.05, 4.69) is 31.4 Å². The predicted molar refractivity (Wildman–Crippen MR) is 39.3 cm³/mol. The smallest absolute Gasteiger partial charge is 0.152 e. The largest absolute Gasteiger partial charge is 0.236 e. The Morgan fingerprint density at radius 2 is 2.40 bits per heavy atom. The topological polar surface area (TPSA) is 54.4 Å². The van der Waals surface area contributed by atoms with Crippen molar-refractivity contribution < 1.29 is 10.2 Å². The lowest BCUT2D eigenvalue weighted by molar-refractivity contribution is -0.215. The number of hydrogen-bond acceptors (Lipinski definition) is 4. The summed E-state index contributed by atoms with van der Waals surface area (Å²) in [6, 6.07) is 3.43. The van der Waals surface area contributed by atoms with E-state index in [1.54, 1.807) is 18.3 Å². The molecule has 1 heterocycles. The molecule has 2 N–H and O–H groups in total. The number of nitrogens with one attached hydrogen (secondary N) is 1. The van der Waals surface area contributed by atoms with Crippen LogP contribution in [0.2, 0.25) is 0 Å². The van der Waals surface area contributed by atoms with Crippen LogP contribution in [-0.2, 0) is 4.99 Å². The van der Waals surface area contributed by atoms with Crippen LogP contribution in [0.15, 0.2) is 22.8 Å². The fourth-order valence-electron chi connectivity index (χ4n) is 0.483. The van der Waals surface area contributed by atoms with E-state index in [1.165, 1.54) is 0 Å². The Kier molecular flexibility index (Phi) is 2.61. The summed E-state index contributed by atoms with van der Waals surface area (Å²) in [7, 11) is 0. The highest BCUT2D eigenvalue weighted by molar-refractivity contribution is 9.10. The lowest BCUT2D eigenvalue weighted by Crippen LogP contribution is -1.97. The van der Waals surface area contributed by atoms with Gasteiger partial charge in [-0.15, -0.1) is 4.99 Å². The number of nitrogens with zero attached hydrogens (tertiary/aromatic N) is 1. The van der Waals surface area contributed by atoms with E-state index in [9.17, 15) is 0 Å². The minimum Gasteiger partial charge on any atom is -0.236 e. The van der Waals surface area contributed by atoms with Gasteiger partial charge >= 0.3 is 0 Å². The average molecular weight is 205 g/mol. The second-order valence-corrected chi connectivity index (χ2v) is 2.47. The zero-order chi connectivity index (χ0) is 7.40. The molecular weight excluding hydrogens is 200 g/mol. The van der Waals surface area contributed by atoms with Crippen molar-refractivity contribution in [3.63, 3.8) is 0 Å². The summed E-state index contributed by atoms with van der Waals surface area (Å²) in [4.78, 5) is 7.46. The third kappa shape index (κ3) is 1.94. The Hall–Kier alpha value is -0.650. The number of aromatic nitrogens is 1. The Balaban J connectivity index is 2.69. The van der Waals surface area contributed by atoms with Crippen LogP contribution >= 0.6 is 15.9 Å². The summed E-state index contributed by atoms with van der Waals surface area (Å²) in [5, 5.41) is 7.93. The third-order valence-electron chi connectivity index (χ3n) is 0.878. The zero-order valence-electron chi connectivity index (χ0n) is 4.91. The highest BCUT2D eigenvalue weighted by atomic mass is 79.9. The molecule has 10 heavy (non-hydrogen) atoms. The predicted octanol–water partition coefficient (Wildman–Crippen LogP) is 1.66. The van der Waals surface area contributed by atoms with Gasteiger partial charge in [0.2, 0.25) is 0 Å². The molecule has 0 aliphatic carbocycles. The molecular formula is C5H5BrN2O2. The van der Waals surface area contributed by atoms with E-state index in [0.717, 1.165) is 4.47 Å². The summed E-state index contributed by atoms with van der Waals surface area (Å²) < 4.78 is 0.871. The van der Waals surface area contributed by atoms with Crippen LogP contribution in [0.4, 0.5) is 5.82 Å². The van der Waals surface area contributed by atoms with Crippen LogP contribution in [0.25, 0.3) is 0 Å². The SMILES string of the molecule is OONc1ccc(Br)cn1. The van der Waals surface area contributed by atoms with Crippen molar-refractivity contribution in [3.8, 4) is 0 Å². The van der Waals surface area contributed by atoms with Crippen LogP contribution in [-0.4, -0.2) is 10.2 Å². The lowest BCUT2D eigenvalue weighted by atomic mass is 10.5. The molecule has 1 aromatic rings. The van der Waals surface area contributed by atoms with Gasteiger partial charge in [-0.25, -0.2) is 15.7 Å². The van der Waals surface area contributed by atoms with Crippen LogP contribution in [0.3, 0.4) is 0 Å². The van der Waals surface area contributed by atoms with Gasteiger partial charge in [-0.3, -0.25) is 0 Å². The van der Waals surface area contributed by atoms with Crippen LogP contribution in [0.1, 0.15) is 0 Å². The monoisotopic (exact) mass is 204 g/mol. The van der Waals surface area contributed by atoms with E-state index in [1.807, 2.05) is 0 Å². The van der Waals surface area contributed by atoms with E-state index >= 15 is 0 Å². The average Bonchev–Trinajstić information content (AvgIpc) is 1.95. The summed E-state index contributed by atoms with van der Waals surface area (Å²) in [6.45, 7) is 0. The highest BCUT2D eigenvalue weighted by Crippen LogP contribution is 2.09. The standard InChI is InChI=1S/C5H5BrN2O2/c6-4-1-2-5(7-3-4)8-10-9/h1-3,9H,(H,7,8). The maximum absolute atomic E-state index is 7.93. The van der Waals surface area contributed by atoms with E-state index in [4.69, 9.17) is 5.26 Å². The number of hydrogen-bond donors (Lipinski definition) is 2. The molecule has 0 aromatic carbocycles. The molecule has 5 heteroatoms. The summed E-state index contributed by atoms with van der Waals surface area (Å²) >= 11 is 3.20. The van der Waals surface area contributed by atoms with Gasteiger partial charge in [0.15, 0.2) is 5.82 Å². The Morgan fingerprint density at radius 1 is 1.60 bits per heavy atom. The van der Waals surface area contributed by atoms with Crippen molar-refractivity contribution in [3.05, 3.63) is 22.8 Å². The summed E-state index contributed by atoms with van der Waals surface area (Å²) in [5.41, 5.74) is 2.16. The quantitative estimate of drug-likeness (QED) is 0.569. The first-order valence-corrected chi connectivity index (χ1v) is 3.30. The van der Waals surface area contributed by atoms with Gasteiger partial charge in [0.25, 0.3) is 0 Å². The second-order valence-electron chi connectivity index (χ2n) is 1.56. The fraction of sp³-hybridized carbons (Fsp3) is 0. The number of anilines is 1. The molecule has 0 saturated heterocycles. The molecule has 0 bridgehead atoms. The van der Waals surface area contributed by atoms with Gasteiger partial charge in [0.1, 0.15) is 0 Å². The van der Waals surface area contributed by atoms with E-state index < -0.39 is 0 Å². The third-order valence-corrected chi connectivity index (χ3v) is 1.35. The molecule has 1 aromatic heterocycles. The van der Waals surface area contributed by atoms with Gasteiger partial charge in [-0.05, 0) is 28.1 Å². The Morgan fingerprint density at radius 3 is 2.90 bits per heavy atom. The second kappa shape index (κ2) is 3.50. The molecule has 1 rings (SSSR count). The lowest BCUT2D eigenvalue weighted by Gasteiger charge is -1.97. The fourth-order valence-corrected chi connectivity index (χ4v) is 0.717. The molecule has 4 nitrogen and oxygen atoms in total. The minimum absolute atomic E-state index is 0.450. The molecule has 0 aliphatic rings. The van der Waals surface area contributed by atoms with Crippen molar-refractivity contribution in [2.45, 2.75) is 0 Å². The maximum atomic E-state index is 7.93. The van der Waals surface area contributed by atoms with Gasteiger partial charge in [-0.2, -0.15) is 0 Å². The molecule has 54 valence electrons. The molecule has 0 atom stereocenters. The maximum Gasteiger partial charge on any atom is 0.152 e. The molecule has 0 unspecified atom stereocenters. The Labute approximate surface area is 65.9 Å². The van der Waals surface area contributed by atoms with E-state index in [-0.39, 0.29) is 0 Å². The van der Waals surface area contributed by atoms with Crippen molar-refractivity contribution in [1.29, 1.82) is 0 Å². The van der Waals surface area contributed by atoms with Crippen LogP contribution < -0.4 is 5.48 Å². The van der Waals surface area contributed by atoms with Crippen molar-refractivity contribution in [2.24, 2.45) is 0 Å². The van der Waals surface area contributed by atoms with Crippen LogP contribution in [0, 0.1) is 0 Å². The summed E-state index contributed by atoms with van der Waals surface area (Å²) in [6.07, 6.45) is 1.58. The molecule has 0 spiro atoms. The van der Waals surface area contributed by atoms with Gasteiger partial charge in [-0.1, -0.05) is 0 Å². The normalized spacial score (nSPS) is 9.40. The van der Waals surface area contributed by atoms with Crippen molar-refractivity contribution in [2.75, 3.05) is 5.48 Å². The molecule has 0 fully saturated rings. The van der Waals surface area contributed by atoms with Crippen LogP contribution in [0.5, 0.6) is 0 Å². The molecule has 0 saturated carbocycles. The highest BCUT2D eigenvalue weighted by Gasteiger charge is 1.90. The van der Waals surface area contributed by atoms with Gasteiger partial charge < -0.3 is 0 Å². The molecule has 0 radical (unpaired) electrons. The molecule has 0 amide bonds. The Bertz CT molecular complexity index is 201. The first kappa shape index (κ1) is 7.46. The van der Waals surface area contributed by atoms with Crippen molar-refractivity contribution in [1.82, 2.24) is 4.98 Å². The first-order valence-electron chi connectivity index (χ1n) is 2.51. The molecule has 0 aliphatic heterocycles. The number of halogens is 1. The number of pyridine rings is 1.